The SMILES string of the molecule is CO[C@@]1(C(F)(F)F)C[C@@H](CCl)N(C(=O)OC(C)(C)C)C1. The van der Waals surface area contributed by atoms with Crippen LogP contribution in [-0.4, -0.2) is 53.9 Å². The molecule has 118 valence electrons. The molecule has 0 aliphatic carbocycles. The van der Waals surface area contributed by atoms with Gasteiger partial charge in [-0.1, -0.05) is 0 Å². The van der Waals surface area contributed by atoms with Crippen LogP contribution in [0.2, 0.25) is 0 Å². The standard InChI is InChI=1S/C12H19ClF3NO3/c1-10(2,3)20-9(18)17-7-11(19-4,12(14,15)16)5-8(17)6-13/h8H,5-7H2,1-4H3/t8-,11-/m0/s1. The van der Waals surface area contributed by atoms with E-state index in [2.05, 4.69) is 4.74 Å². The summed E-state index contributed by atoms with van der Waals surface area (Å²) in [5.41, 5.74) is -3.17. The van der Waals surface area contributed by atoms with E-state index in [0.717, 1.165) is 12.0 Å². The molecule has 1 amide bonds. The lowest BCUT2D eigenvalue weighted by Crippen LogP contribution is -2.50. The highest BCUT2D eigenvalue weighted by Gasteiger charge is 2.62. The van der Waals surface area contributed by atoms with Crippen molar-refractivity contribution in [3.63, 3.8) is 0 Å². The number of carbonyl (C=O) groups is 1. The summed E-state index contributed by atoms with van der Waals surface area (Å²) >= 11 is 5.68. The van der Waals surface area contributed by atoms with Crippen LogP contribution in [0.5, 0.6) is 0 Å². The van der Waals surface area contributed by atoms with Crippen LogP contribution in [0.25, 0.3) is 0 Å². The maximum Gasteiger partial charge on any atom is 0.419 e. The van der Waals surface area contributed by atoms with Crippen LogP contribution in [0.4, 0.5) is 18.0 Å². The van der Waals surface area contributed by atoms with Crippen molar-refractivity contribution in [1.29, 1.82) is 0 Å². The van der Waals surface area contributed by atoms with E-state index in [4.69, 9.17) is 16.3 Å². The molecule has 0 spiro atoms. The molecule has 8 heteroatoms. The summed E-state index contributed by atoms with van der Waals surface area (Å²) in [5, 5.41) is 0. The Morgan fingerprint density at radius 1 is 1.40 bits per heavy atom. The van der Waals surface area contributed by atoms with E-state index < -0.39 is 42.5 Å². The van der Waals surface area contributed by atoms with Crippen molar-refractivity contribution in [3.8, 4) is 0 Å². The number of likely N-dealkylation sites (tertiary alicyclic amines) is 1. The Morgan fingerprint density at radius 2 is 1.95 bits per heavy atom. The normalized spacial score (nSPS) is 27.8. The van der Waals surface area contributed by atoms with E-state index in [0.29, 0.717) is 0 Å². The third kappa shape index (κ3) is 3.49. The molecule has 2 atom stereocenters. The molecule has 1 saturated heterocycles. The number of methoxy groups -OCH3 is 1. The van der Waals surface area contributed by atoms with Gasteiger partial charge in [0, 0.05) is 19.4 Å². The Hall–Kier alpha value is -0.690. The minimum atomic E-state index is -4.58. The maximum atomic E-state index is 13.2. The molecule has 0 aromatic carbocycles. The molecular formula is C12H19ClF3NO3. The Labute approximate surface area is 121 Å². The molecule has 0 N–H and O–H groups in total. The number of rotatable bonds is 2. The first kappa shape index (κ1) is 17.4. The third-order valence-electron chi connectivity index (χ3n) is 3.15. The molecule has 0 radical (unpaired) electrons. The molecule has 0 saturated carbocycles. The van der Waals surface area contributed by atoms with Crippen molar-refractivity contribution >= 4 is 17.7 Å². The van der Waals surface area contributed by atoms with Crippen LogP contribution in [-0.2, 0) is 9.47 Å². The number of halogens is 4. The first-order valence-electron chi connectivity index (χ1n) is 6.13. The van der Waals surface area contributed by atoms with E-state index in [1.807, 2.05) is 0 Å². The largest absolute Gasteiger partial charge is 0.444 e. The Bertz CT molecular complexity index is 370. The van der Waals surface area contributed by atoms with E-state index >= 15 is 0 Å². The summed E-state index contributed by atoms with van der Waals surface area (Å²) in [5.74, 6) is -0.111. The van der Waals surface area contributed by atoms with Crippen LogP contribution in [0.3, 0.4) is 0 Å². The molecular weight excluding hydrogens is 299 g/mol. The van der Waals surface area contributed by atoms with Crippen molar-refractivity contribution in [2.24, 2.45) is 0 Å². The van der Waals surface area contributed by atoms with Gasteiger partial charge in [0.25, 0.3) is 0 Å². The predicted octanol–water partition coefficient (Wildman–Crippen LogP) is 3.18. The van der Waals surface area contributed by atoms with Gasteiger partial charge in [-0.15, -0.1) is 11.6 Å². The van der Waals surface area contributed by atoms with Crippen LogP contribution < -0.4 is 0 Å². The van der Waals surface area contributed by atoms with E-state index in [9.17, 15) is 18.0 Å². The molecule has 1 heterocycles. The van der Waals surface area contributed by atoms with Crippen LogP contribution in [0, 0.1) is 0 Å². The second kappa shape index (κ2) is 5.60. The first-order valence-corrected chi connectivity index (χ1v) is 6.67. The van der Waals surface area contributed by atoms with Gasteiger partial charge in [-0.2, -0.15) is 13.2 Å². The fourth-order valence-corrected chi connectivity index (χ4v) is 2.38. The zero-order chi connectivity index (χ0) is 15.8. The molecule has 1 aliphatic rings. The lowest BCUT2D eigenvalue weighted by molar-refractivity contribution is -0.263. The minimum Gasteiger partial charge on any atom is -0.444 e. The molecule has 1 rings (SSSR count). The Morgan fingerprint density at radius 3 is 2.30 bits per heavy atom. The number of carbonyl (C=O) groups excluding carboxylic acids is 1. The zero-order valence-electron chi connectivity index (χ0n) is 11.9. The minimum absolute atomic E-state index is 0.111. The second-order valence-electron chi connectivity index (χ2n) is 5.82. The van der Waals surface area contributed by atoms with Gasteiger partial charge in [0.2, 0.25) is 0 Å². The Kier molecular flexibility index (Phi) is 4.86. The fraction of sp³-hybridized carbons (Fsp3) is 0.917. The van der Waals surface area contributed by atoms with Gasteiger partial charge >= 0.3 is 12.3 Å². The van der Waals surface area contributed by atoms with Gasteiger partial charge < -0.3 is 14.4 Å². The lowest BCUT2D eigenvalue weighted by atomic mass is 10.00. The average molecular weight is 318 g/mol. The van der Waals surface area contributed by atoms with Gasteiger partial charge in [-0.05, 0) is 20.8 Å². The van der Waals surface area contributed by atoms with Gasteiger partial charge in [0.05, 0.1) is 12.6 Å². The Balaban J connectivity index is 2.96. The highest BCUT2D eigenvalue weighted by molar-refractivity contribution is 6.18. The quantitative estimate of drug-likeness (QED) is 0.734. The van der Waals surface area contributed by atoms with Crippen LogP contribution >= 0.6 is 11.6 Å². The lowest BCUT2D eigenvalue weighted by Gasteiger charge is -2.30. The first-order chi connectivity index (χ1) is 8.96. The van der Waals surface area contributed by atoms with Crippen molar-refractivity contribution < 1.29 is 27.4 Å². The summed E-state index contributed by atoms with van der Waals surface area (Å²) < 4.78 is 49.2. The van der Waals surface area contributed by atoms with Crippen molar-refractivity contribution in [2.45, 2.75) is 50.6 Å². The van der Waals surface area contributed by atoms with Gasteiger partial charge in [-0.3, -0.25) is 0 Å². The summed E-state index contributed by atoms with van der Waals surface area (Å²) in [7, 11) is 0.984. The van der Waals surface area contributed by atoms with Gasteiger partial charge in [-0.25, -0.2) is 4.79 Å². The van der Waals surface area contributed by atoms with Crippen molar-refractivity contribution in [1.82, 2.24) is 4.90 Å². The summed E-state index contributed by atoms with van der Waals surface area (Å²) in [6, 6.07) is -0.770. The monoisotopic (exact) mass is 317 g/mol. The van der Waals surface area contributed by atoms with E-state index in [1.165, 1.54) is 0 Å². The molecule has 20 heavy (non-hydrogen) atoms. The molecule has 4 nitrogen and oxygen atoms in total. The molecule has 0 unspecified atom stereocenters. The second-order valence-corrected chi connectivity index (χ2v) is 6.13. The molecule has 0 aromatic rings. The topological polar surface area (TPSA) is 38.8 Å². The van der Waals surface area contributed by atoms with Crippen molar-refractivity contribution in [3.05, 3.63) is 0 Å². The van der Waals surface area contributed by atoms with E-state index in [-0.39, 0.29) is 5.88 Å². The number of amides is 1. The predicted molar refractivity (Wildman–Crippen MR) is 67.9 cm³/mol. The maximum absolute atomic E-state index is 13.2. The number of nitrogens with zero attached hydrogens (tertiary/aromatic N) is 1. The van der Waals surface area contributed by atoms with Crippen molar-refractivity contribution in [2.75, 3.05) is 19.5 Å². The fourth-order valence-electron chi connectivity index (χ4n) is 2.10. The van der Waals surface area contributed by atoms with Crippen LogP contribution in [0.1, 0.15) is 27.2 Å². The highest BCUT2D eigenvalue weighted by Crippen LogP contribution is 2.43. The third-order valence-corrected chi connectivity index (χ3v) is 3.50. The molecule has 0 bridgehead atoms. The molecule has 1 fully saturated rings. The zero-order valence-corrected chi connectivity index (χ0v) is 12.6. The molecule has 0 aromatic heterocycles. The number of hydrogen-bond acceptors (Lipinski definition) is 3. The number of hydrogen-bond donors (Lipinski definition) is 0. The van der Waals surface area contributed by atoms with Gasteiger partial charge in [0.1, 0.15) is 5.60 Å². The highest BCUT2D eigenvalue weighted by atomic mass is 35.5. The number of alkyl halides is 4. The molecule has 1 aliphatic heterocycles. The number of ether oxygens (including phenoxy) is 2. The smallest absolute Gasteiger partial charge is 0.419 e. The summed E-state index contributed by atoms with van der Waals surface area (Å²) in [6.45, 7) is 4.32. The van der Waals surface area contributed by atoms with E-state index in [1.54, 1.807) is 20.8 Å². The average Bonchev–Trinajstić information content (AvgIpc) is 2.66. The summed E-state index contributed by atoms with van der Waals surface area (Å²) in [4.78, 5) is 13.0. The summed E-state index contributed by atoms with van der Waals surface area (Å²) in [6.07, 6.45) is -5.79. The van der Waals surface area contributed by atoms with Crippen LogP contribution in [0.15, 0.2) is 0 Å². The van der Waals surface area contributed by atoms with Gasteiger partial charge in [0.15, 0.2) is 5.60 Å².